The molecule has 26 heavy (non-hydrogen) atoms. The number of nitrogens with one attached hydrogen (secondary N) is 1. The second-order valence-electron chi connectivity index (χ2n) is 6.10. The molecular formula is C16H19N5O4S. The summed E-state index contributed by atoms with van der Waals surface area (Å²) in [5.41, 5.74) is 0.658. The number of fused-ring (bicyclic) bond motifs is 1. The van der Waals surface area contributed by atoms with Crippen molar-refractivity contribution in [3.8, 4) is 11.5 Å². The van der Waals surface area contributed by atoms with Gasteiger partial charge in [0.2, 0.25) is 17.9 Å². The molecule has 10 heteroatoms. The number of benzene rings is 1. The molecule has 1 amide bonds. The summed E-state index contributed by atoms with van der Waals surface area (Å²) in [5.74, 6) is 1.17. The number of hydrogen-bond acceptors (Lipinski definition) is 8. The standard InChI is InChI=1S/C16H19N5O4S/c1-10(15(22)17-11-4-5-13-14(7-11)25-9-24-13)26-16-18-19-20-21(16)8-12-3-2-6-23-12/h4-5,7,10,12H,2-3,6,8-9H2,1H3,(H,17,22)/t10-,12+/m1/s1. The fourth-order valence-corrected chi connectivity index (χ4v) is 3.61. The van der Waals surface area contributed by atoms with E-state index in [1.807, 2.05) is 6.92 Å². The second-order valence-corrected chi connectivity index (χ2v) is 7.40. The van der Waals surface area contributed by atoms with Crippen molar-refractivity contribution in [2.75, 3.05) is 18.7 Å². The molecule has 9 nitrogen and oxygen atoms in total. The lowest BCUT2D eigenvalue weighted by atomic mass is 10.2. The number of nitrogens with zero attached hydrogens (tertiary/aromatic N) is 4. The quantitative estimate of drug-likeness (QED) is 0.759. The lowest BCUT2D eigenvalue weighted by Crippen LogP contribution is -2.23. The predicted molar refractivity (Wildman–Crippen MR) is 93.3 cm³/mol. The van der Waals surface area contributed by atoms with E-state index in [-0.39, 0.29) is 24.1 Å². The monoisotopic (exact) mass is 377 g/mol. The Bertz CT molecular complexity index is 793. The fourth-order valence-electron chi connectivity index (χ4n) is 2.81. The van der Waals surface area contributed by atoms with Crippen LogP contribution < -0.4 is 14.8 Å². The first-order chi connectivity index (χ1) is 12.7. The predicted octanol–water partition coefficient (Wildman–Crippen LogP) is 1.70. The van der Waals surface area contributed by atoms with Crippen molar-refractivity contribution in [3.63, 3.8) is 0 Å². The number of thioether (sulfide) groups is 1. The van der Waals surface area contributed by atoms with Crippen molar-refractivity contribution in [1.82, 2.24) is 20.2 Å². The molecule has 1 saturated heterocycles. The molecule has 2 atom stereocenters. The Hall–Kier alpha value is -2.33. The van der Waals surface area contributed by atoms with E-state index in [9.17, 15) is 4.79 Å². The number of rotatable bonds is 6. The lowest BCUT2D eigenvalue weighted by Gasteiger charge is -2.13. The van der Waals surface area contributed by atoms with Crippen LogP contribution in [0.25, 0.3) is 0 Å². The summed E-state index contributed by atoms with van der Waals surface area (Å²) in [7, 11) is 0. The highest BCUT2D eigenvalue weighted by atomic mass is 32.2. The summed E-state index contributed by atoms with van der Waals surface area (Å²) < 4.78 is 17.9. The van der Waals surface area contributed by atoms with Crippen molar-refractivity contribution >= 4 is 23.4 Å². The maximum atomic E-state index is 12.5. The molecule has 2 aromatic rings. The van der Waals surface area contributed by atoms with E-state index in [2.05, 4.69) is 20.8 Å². The average molecular weight is 377 g/mol. The molecule has 0 unspecified atom stereocenters. The van der Waals surface area contributed by atoms with E-state index < -0.39 is 0 Å². The van der Waals surface area contributed by atoms with Crippen LogP contribution in [0.1, 0.15) is 19.8 Å². The number of hydrogen-bond donors (Lipinski definition) is 1. The number of ether oxygens (including phenoxy) is 3. The van der Waals surface area contributed by atoms with E-state index in [1.54, 1.807) is 22.9 Å². The van der Waals surface area contributed by atoms with Gasteiger partial charge < -0.3 is 19.5 Å². The molecular weight excluding hydrogens is 358 g/mol. The number of anilines is 1. The maximum absolute atomic E-state index is 12.5. The third-order valence-electron chi connectivity index (χ3n) is 4.19. The molecule has 0 saturated carbocycles. The molecule has 138 valence electrons. The summed E-state index contributed by atoms with van der Waals surface area (Å²) >= 11 is 1.32. The minimum absolute atomic E-state index is 0.135. The van der Waals surface area contributed by atoms with Gasteiger partial charge in [-0.1, -0.05) is 11.8 Å². The molecule has 2 aliphatic heterocycles. The topological polar surface area (TPSA) is 100 Å². The smallest absolute Gasteiger partial charge is 0.237 e. The lowest BCUT2D eigenvalue weighted by molar-refractivity contribution is -0.115. The van der Waals surface area contributed by atoms with Gasteiger partial charge in [-0.25, -0.2) is 4.68 Å². The Morgan fingerprint density at radius 2 is 2.31 bits per heavy atom. The Balaban J connectivity index is 1.36. The molecule has 1 N–H and O–H groups in total. The summed E-state index contributed by atoms with van der Waals surface area (Å²) in [6.07, 6.45) is 2.20. The van der Waals surface area contributed by atoms with Crippen LogP contribution in [0.4, 0.5) is 5.69 Å². The zero-order valence-electron chi connectivity index (χ0n) is 14.3. The maximum Gasteiger partial charge on any atom is 0.237 e. The van der Waals surface area contributed by atoms with Gasteiger partial charge in [0.05, 0.1) is 17.9 Å². The average Bonchev–Trinajstić information content (AvgIpc) is 3.37. The van der Waals surface area contributed by atoms with Crippen LogP contribution >= 0.6 is 11.8 Å². The normalized spacial score (nSPS) is 19.5. The molecule has 0 aliphatic carbocycles. The largest absolute Gasteiger partial charge is 0.454 e. The van der Waals surface area contributed by atoms with Gasteiger partial charge in [0, 0.05) is 18.4 Å². The van der Waals surface area contributed by atoms with Crippen LogP contribution in [0, 0.1) is 0 Å². The molecule has 3 heterocycles. The molecule has 4 rings (SSSR count). The number of carbonyl (C=O) groups is 1. The van der Waals surface area contributed by atoms with Crippen LogP contribution in [-0.2, 0) is 16.1 Å². The van der Waals surface area contributed by atoms with Gasteiger partial charge >= 0.3 is 0 Å². The van der Waals surface area contributed by atoms with Crippen LogP contribution in [0.3, 0.4) is 0 Å². The molecule has 0 bridgehead atoms. The Kier molecular flexibility index (Phi) is 4.93. The highest BCUT2D eigenvalue weighted by Gasteiger charge is 2.23. The van der Waals surface area contributed by atoms with Crippen LogP contribution in [-0.4, -0.2) is 50.9 Å². The molecule has 1 fully saturated rings. The second kappa shape index (κ2) is 7.50. The number of aromatic nitrogens is 4. The van der Waals surface area contributed by atoms with Crippen molar-refractivity contribution in [2.45, 2.75) is 42.8 Å². The Morgan fingerprint density at radius 1 is 1.42 bits per heavy atom. The number of carbonyl (C=O) groups excluding carboxylic acids is 1. The third-order valence-corrected chi connectivity index (χ3v) is 5.26. The first kappa shape index (κ1) is 17.1. The van der Waals surface area contributed by atoms with E-state index >= 15 is 0 Å². The minimum atomic E-state index is -0.366. The molecule has 2 aliphatic rings. The molecule has 1 aromatic heterocycles. The fraction of sp³-hybridized carbons (Fsp3) is 0.500. The summed E-state index contributed by atoms with van der Waals surface area (Å²) in [5, 5.41) is 14.9. The van der Waals surface area contributed by atoms with Gasteiger partial charge in [0.15, 0.2) is 11.5 Å². The van der Waals surface area contributed by atoms with E-state index in [0.29, 0.717) is 28.9 Å². The SMILES string of the molecule is C[C@@H](Sc1nnnn1C[C@@H]1CCCO1)C(=O)Nc1ccc2c(c1)OCO2. The zero-order chi connectivity index (χ0) is 17.9. The van der Waals surface area contributed by atoms with Gasteiger partial charge in [0.1, 0.15) is 0 Å². The Labute approximate surface area is 154 Å². The summed E-state index contributed by atoms with van der Waals surface area (Å²) in [4.78, 5) is 12.5. The summed E-state index contributed by atoms with van der Waals surface area (Å²) in [6, 6.07) is 5.31. The minimum Gasteiger partial charge on any atom is -0.454 e. The van der Waals surface area contributed by atoms with Crippen LogP contribution in [0.15, 0.2) is 23.4 Å². The van der Waals surface area contributed by atoms with Crippen molar-refractivity contribution in [1.29, 1.82) is 0 Å². The Morgan fingerprint density at radius 3 is 3.15 bits per heavy atom. The molecule has 0 radical (unpaired) electrons. The third kappa shape index (κ3) is 3.75. The number of amides is 1. The first-order valence-electron chi connectivity index (χ1n) is 8.44. The van der Waals surface area contributed by atoms with Crippen molar-refractivity contribution < 1.29 is 19.0 Å². The van der Waals surface area contributed by atoms with Gasteiger partial charge in [0.25, 0.3) is 0 Å². The summed E-state index contributed by atoms with van der Waals surface area (Å²) in [6.45, 7) is 3.40. The highest BCUT2D eigenvalue weighted by Crippen LogP contribution is 2.34. The van der Waals surface area contributed by atoms with Gasteiger partial charge in [-0.2, -0.15) is 0 Å². The molecule has 0 spiro atoms. The van der Waals surface area contributed by atoms with Crippen molar-refractivity contribution in [2.24, 2.45) is 0 Å². The zero-order valence-corrected chi connectivity index (χ0v) is 15.1. The van der Waals surface area contributed by atoms with E-state index in [1.165, 1.54) is 11.8 Å². The highest BCUT2D eigenvalue weighted by molar-refractivity contribution is 8.00. The molecule has 1 aromatic carbocycles. The van der Waals surface area contributed by atoms with Gasteiger partial charge in [-0.05, 0) is 42.3 Å². The van der Waals surface area contributed by atoms with Gasteiger partial charge in [-0.3, -0.25) is 4.79 Å². The first-order valence-corrected chi connectivity index (χ1v) is 9.32. The number of tetrazole rings is 1. The van der Waals surface area contributed by atoms with Crippen molar-refractivity contribution in [3.05, 3.63) is 18.2 Å². The van der Waals surface area contributed by atoms with Crippen LogP contribution in [0.2, 0.25) is 0 Å². The van der Waals surface area contributed by atoms with Gasteiger partial charge in [-0.15, -0.1) is 5.10 Å². The van der Waals surface area contributed by atoms with Crippen LogP contribution in [0.5, 0.6) is 11.5 Å². The van der Waals surface area contributed by atoms with E-state index in [0.717, 1.165) is 19.4 Å². The van der Waals surface area contributed by atoms with E-state index in [4.69, 9.17) is 14.2 Å².